The van der Waals surface area contributed by atoms with Gasteiger partial charge in [0.25, 0.3) is 0 Å². The molecular weight excluding hydrogens is 398 g/mol. The third-order valence-corrected chi connectivity index (χ3v) is 6.42. The molecule has 0 spiro atoms. The first kappa shape index (κ1) is 19.2. The first-order valence-electron chi connectivity index (χ1n) is 10.5. The van der Waals surface area contributed by atoms with Gasteiger partial charge in [-0.05, 0) is 54.7 Å². The van der Waals surface area contributed by atoms with Crippen molar-refractivity contribution < 1.29 is 9.53 Å². The molecule has 1 aromatic heterocycles. The summed E-state index contributed by atoms with van der Waals surface area (Å²) >= 11 is 6.24. The second-order valence-corrected chi connectivity index (χ2v) is 8.36. The average molecular weight is 422 g/mol. The molecule has 0 saturated carbocycles. The number of amides is 1. The van der Waals surface area contributed by atoms with Gasteiger partial charge in [0, 0.05) is 41.4 Å². The first-order chi connectivity index (χ1) is 14.7. The Labute approximate surface area is 181 Å². The van der Waals surface area contributed by atoms with Crippen molar-refractivity contribution in [3.63, 3.8) is 0 Å². The van der Waals surface area contributed by atoms with Crippen LogP contribution in [0.15, 0.2) is 42.5 Å². The summed E-state index contributed by atoms with van der Waals surface area (Å²) in [4.78, 5) is 14.8. The largest absolute Gasteiger partial charge is 0.493 e. The molecule has 1 N–H and O–H groups in total. The lowest BCUT2D eigenvalue weighted by molar-refractivity contribution is -0.130. The number of carbonyl (C=O) groups is 1. The maximum atomic E-state index is 12.9. The fourth-order valence-corrected chi connectivity index (χ4v) is 4.60. The molecule has 2 aliphatic rings. The highest BCUT2D eigenvalue weighted by Gasteiger charge is 2.24. The van der Waals surface area contributed by atoms with Gasteiger partial charge in [0.05, 0.1) is 18.7 Å². The number of hydrogen-bond donors (Lipinski definition) is 1. The number of nitrogens with one attached hydrogen (secondary N) is 1. The summed E-state index contributed by atoms with van der Waals surface area (Å²) in [5.41, 5.74) is 6.60. The highest BCUT2D eigenvalue weighted by molar-refractivity contribution is 6.31. The molecule has 0 bridgehead atoms. The summed E-state index contributed by atoms with van der Waals surface area (Å²) < 4.78 is 5.74. The lowest BCUT2D eigenvalue weighted by atomic mass is 9.98. The van der Waals surface area contributed by atoms with Gasteiger partial charge >= 0.3 is 0 Å². The zero-order chi connectivity index (χ0) is 20.5. The molecule has 0 aliphatic carbocycles. The maximum Gasteiger partial charge on any atom is 0.227 e. The van der Waals surface area contributed by atoms with E-state index in [4.69, 9.17) is 16.3 Å². The predicted molar refractivity (Wildman–Crippen MR) is 117 cm³/mol. The quantitative estimate of drug-likeness (QED) is 0.688. The van der Waals surface area contributed by atoms with E-state index in [-0.39, 0.29) is 5.91 Å². The van der Waals surface area contributed by atoms with Crippen molar-refractivity contribution in [2.24, 2.45) is 0 Å². The topological polar surface area (TPSA) is 58.2 Å². The van der Waals surface area contributed by atoms with E-state index in [2.05, 4.69) is 28.4 Å². The third kappa shape index (κ3) is 3.70. The fraction of sp³-hybridized carbons (Fsp3) is 0.333. The number of benzene rings is 2. The second kappa shape index (κ2) is 8.15. The highest BCUT2D eigenvalue weighted by atomic mass is 35.5. The molecule has 0 fully saturated rings. The minimum absolute atomic E-state index is 0.119. The van der Waals surface area contributed by atoms with E-state index in [0.717, 1.165) is 60.6 Å². The lowest BCUT2D eigenvalue weighted by Gasteiger charge is -2.21. The third-order valence-electron chi connectivity index (χ3n) is 6.05. The molecule has 0 unspecified atom stereocenters. The molecular formula is C24H24ClN3O2. The Bertz CT molecular complexity index is 1090. The van der Waals surface area contributed by atoms with Gasteiger partial charge < -0.3 is 9.64 Å². The first-order valence-corrected chi connectivity index (χ1v) is 10.9. The lowest BCUT2D eigenvalue weighted by Crippen LogP contribution is -2.34. The van der Waals surface area contributed by atoms with E-state index in [1.807, 2.05) is 29.2 Å². The number of aromatic nitrogens is 2. The molecule has 0 saturated heterocycles. The standard InChI is InChI=1S/C24H24ClN3O2/c25-20-6-2-1-4-16(20)15-23(29)28-11-9-19-21(10-12-28)26-27-24(19)18-7-8-22-17(14-18)5-3-13-30-22/h1-2,4,6-8,14H,3,5,9-13,15H2,(H,26,27). The van der Waals surface area contributed by atoms with Crippen molar-refractivity contribution in [3.05, 3.63) is 69.9 Å². The van der Waals surface area contributed by atoms with Crippen molar-refractivity contribution in [1.82, 2.24) is 15.1 Å². The van der Waals surface area contributed by atoms with Gasteiger partial charge in [-0.2, -0.15) is 5.10 Å². The molecule has 0 atom stereocenters. The number of fused-ring (bicyclic) bond motifs is 2. The van der Waals surface area contributed by atoms with Crippen molar-refractivity contribution in [2.45, 2.75) is 32.1 Å². The second-order valence-electron chi connectivity index (χ2n) is 7.95. The van der Waals surface area contributed by atoms with Crippen molar-refractivity contribution in [1.29, 1.82) is 0 Å². The van der Waals surface area contributed by atoms with E-state index in [1.165, 1.54) is 11.1 Å². The highest BCUT2D eigenvalue weighted by Crippen LogP contribution is 2.32. The number of nitrogens with zero attached hydrogens (tertiary/aromatic N) is 2. The number of carbonyl (C=O) groups excluding carboxylic acids is 1. The SMILES string of the molecule is O=C(Cc1ccccc1Cl)N1CCc2[nH]nc(-c3ccc4c(c3)CCCO4)c2CC1. The van der Waals surface area contributed by atoms with Crippen LogP contribution in [0.3, 0.4) is 0 Å². The Morgan fingerprint density at radius 3 is 2.90 bits per heavy atom. The van der Waals surface area contributed by atoms with E-state index < -0.39 is 0 Å². The summed E-state index contributed by atoms with van der Waals surface area (Å²) in [5, 5.41) is 8.49. The Kier molecular flexibility index (Phi) is 5.21. The van der Waals surface area contributed by atoms with Gasteiger partial charge in [-0.25, -0.2) is 0 Å². The zero-order valence-electron chi connectivity index (χ0n) is 16.8. The van der Waals surface area contributed by atoms with Crippen molar-refractivity contribution in [2.75, 3.05) is 19.7 Å². The van der Waals surface area contributed by atoms with Crippen LogP contribution < -0.4 is 4.74 Å². The van der Waals surface area contributed by atoms with Crippen LogP contribution in [0.5, 0.6) is 5.75 Å². The molecule has 0 radical (unpaired) electrons. The van der Waals surface area contributed by atoms with Crippen LogP contribution in [-0.2, 0) is 30.5 Å². The van der Waals surface area contributed by atoms with Gasteiger partial charge in [-0.15, -0.1) is 0 Å². The minimum atomic E-state index is 0.119. The minimum Gasteiger partial charge on any atom is -0.493 e. The molecule has 5 rings (SSSR count). The fourth-order valence-electron chi connectivity index (χ4n) is 4.40. The Morgan fingerprint density at radius 2 is 2.00 bits per heavy atom. The van der Waals surface area contributed by atoms with Gasteiger partial charge in [0.1, 0.15) is 5.75 Å². The molecule has 154 valence electrons. The van der Waals surface area contributed by atoms with E-state index in [0.29, 0.717) is 24.5 Å². The van der Waals surface area contributed by atoms with Crippen LogP contribution in [0.1, 0.15) is 28.8 Å². The monoisotopic (exact) mass is 421 g/mol. The summed E-state index contributed by atoms with van der Waals surface area (Å²) in [5.74, 6) is 1.11. The molecule has 1 amide bonds. The van der Waals surface area contributed by atoms with Crippen molar-refractivity contribution in [3.8, 4) is 17.0 Å². The van der Waals surface area contributed by atoms with E-state index in [1.54, 1.807) is 0 Å². The number of hydrogen-bond acceptors (Lipinski definition) is 3. The number of halogens is 1. The van der Waals surface area contributed by atoms with Crippen molar-refractivity contribution >= 4 is 17.5 Å². The summed E-state index contributed by atoms with van der Waals surface area (Å²) in [7, 11) is 0. The summed E-state index contributed by atoms with van der Waals surface area (Å²) in [6, 6.07) is 13.9. The maximum absolute atomic E-state index is 12.9. The van der Waals surface area contributed by atoms with Crippen LogP contribution in [0.2, 0.25) is 5.02 Å². The normalized spacial score (nSPS) is 15.7. The molecule has 5 nitrogen and oxygen atoms in total. The van der Waals surface area contributed by atoms with Crippen LogP contribution >= 0.6 is 11.6 Å². The van der Waals surface area contributed by atoms with Crippen LogP contribution in [0.4, 0.5) is 0 Å². The number of H-pyrrole nitrogens is 1. The Balaban J connectivity index is 1.33. The number of aryl methyl sites for hydroxylation is 1. The molecule has 3 heterocycles. The van der Waals surface area contributed by atoms with E-state index in [9.17, 15) is 4.79 Å². The van der Waals surface area contributed by atoms with Crippen LogP contribution in [0.25, 0.3) is 11.3 Å². The predicted octanol–water partition coefficient (Wildman–Crippen LogP) is 4.23. The van der Waals surface area contributed by atoms with Crippen LogP contribution in [0, 0.1) is 0 Å². The molecule has 2 aromatic carbocycles. The molecule has 30 heavy (non-hydrogen) atoms. The average Bonchev–Trinajstić information content (AvgIpc) is 3.06. The van der Waals surface area contributed by atoms with Gasteiger partial charge in [0.15, 0.2) is 0 Å². The van der Waals surface area contributed by atoms with Crippen LogP contribution in [-0.4, -0.2) is 40.7 Å². The number of ether oxygens (including phenoxy) is 1. The molecule has 6 heteroatoms. The Morgan fingerprint density at radius 1 is 1.13 bits per heavy atom. The van der Waals surface area contributed by atoms with Gasteiger partial charge in [0.2, 0.25) is 5.91 Å². The Hall–Kier alpha value is -2.79. The summed E-state index contributed by atoms with van der Waals surface area (Å²) in [6.07, 6.45) is 4.01. The number of aromatic amines is 1. The summed E-state index contributed by atoms with van der Waals surface area (Å²) in [6.45, 7) is 2.18. The van der Waals surface area contributed by atoms with Gasteiger partial charge in [-0.3, -0.25) is 9.89 Å². The zero-order valence-corrected chi connectivity index (χ0v) is 17.5. The molecule has 3 aromatic rings. The van der Waals surface area contributed by atoms with Gasteiger partial charge in [-0.1, -0.05) is 29.8 Å². The molecule has 2 aliphatic heterocycles. The van der Waals surface area contributed by atoms with E-state index >= 15 is 0 Å². The number of rotatable bonds is 3. The smallest absolute Gasteiger partial charge is 0.227 e.